The average molecular weight is 618 g/mol. The van der Waals surface area contributed by atoms with Gasteiger partial charge in [-0.2, -0.15) is 4.98 Å². The number of benzene rings is 2. The molecule has 0 radical (unpaired) electrons. The largest absolute Gasteiger partial charge is 0.508 e. The Hall–Kier alpha value is -3.63. The first-order valence-corrected chi connectivity index (χ1v) is 16.3. The van der Waals surface area contributed by atoms with Crippen LogP contribution in [0.25, 0.3) is 33.1 Å². The molecular weight excluding hydrogens is 579 g/mol. The molecule has 4 saturated heterocycles. The predicted octanol–water partition coefficient (Wildman–Crippen LogP) is 6.14. The van der Waals surface area contributed by atoms with Crippen LogP contribution in [0, 0.1) is 17.6 Å². The van der Waals surface area contributed by atoms with Gasteiger partial charge in [0.05, 0.1) is 11.2 Å². The number of rotatable bonds is 6. The van der Waals surface area contributed by atoms with Crippen molar-refractivity contribution in [2.24, 2.45) is 5.92 Å². The molecule has 2 bridgehead atoms. The lowest BCUT2D eigenvalue weighted by atomic mass is 9.94. The fourth-order valence-corrected chi connectivity index (χ4v) is 8.47. The fraction of sp³-hybridized carbons (Fsp3) is 0.486. The number of halogens is 3. The molecule has 10 heteroatoms. The van der Waals surface area contributed by atoms with Gasteiger partial charge in [-0.1, -0.05) is 13.0 Å². The van der Waals surface area contributed by atoms with E-state index in [0.29, 0.717) is 76.8 Å². The number of nitrogens with one attached hydrogen (secondary N) is 1. The van der Waals surface area contributed by atoms with Crippen molar-refractivity contribution >= 4 is 27.5 Å². The van der Waals surface area contributed by atoms with Gasteiger partial charge in [0.15, 0.2) is 5.65 Å². The number of phenolic OH excluding ortho intramolecular Hbond substituents is 1. The number of aryl methyl sites for hydroxylation is 1. The number of pyridine rings is 2. The lowest BCUT2D eigenvalue weighted by Crippen LogP contribution is -2.43. The van der Waals surface area contributed by atoms with Gasteiger partial charge in [0.2, 0.25) is 5.88 Å². The molecule has 2 unspecified atom stereocenters. The van der Waals surface area contributed by atoms with Gasteiger partial charge >= 0.3 is 0 Å². The van der Waals surface area contributed by atoms with E-state index in [4.69, 9.17) is 14.7 Å². The van der Waals surface area contributed by atoms with Gasteiger partial charge in [-0.25, -0.2) is 18.2 Å². The first-order valence-electron chi connectivity index (χ1n) is 16.3. The summed E-state index contributed by atoms with van der Waals surface area (Å²) in [6.07, 6.45) is 4.00. The van der Waals surface area contributed by atoms with Gasteiger partial charge in [0.25, 0.3) is 0 Å². The quantitative estimate of drug-likeness (QED) is 0.269. The third-order valence-electron chi connectivity index (χ3n) is 10.6. The highest BCUT2D eigenvalue weighted by Crippen LogP contribution is 2.42. The summed E-state index contributed by atoms with van der Waals surface area (Å²) in [7, 11) is 0. The maximum atomic E-state index is 16.2. The van der Waals surface area contributed by atoms with E-state index in [1.54, 1.807) is 12.1 Å². The average Bonchev–Trinajstić information content (AvgIpc) is 3.66. The summed E-state index contributed by atoms with van der Waals surface area (Å²) >= 11 is 0. The first-order chi connectivity index (χ1) is 21.8. The van der Waals surface area contributed by atoms with E-state index in [1.807, 2.05) is 13.0 Å². The molecule has 0 amide bonds. The number of hydrogen-bond donors (Lipinski definition) is 2. The maximum Gasteiger partial charge on any atom is 0.217 e. The van der Waals surface area contributed by atoms with Crippen LogP contribution in [0.15, 0.2) is 36.4 Å². The van der Waals surface area contributed by atoms with E-state index >= 15 is 4.39 Å². The SMILES string of the molecule is CCc1c(F)ccc2cc(O)cc(-c3nc4nc(OC[C@@]56CCCN5C[C@H](F)C6)cc(N5CCC6CNC(C6)C5)c4cc3F)c12. The van der Waals surface area contributed by atoms with E-state index < -0.39 is 12.0 Å². The molecule has 4 fully saturated rings. The second kappa shape index (κ2) is 11.0. The topological polar surface area (TPSA) is 73.8 Å². The summed E-state index contributed by atoms with van der Waals surface area (Å²) in [4.78, 5) is 14.0. The summed E-state index contributed by atoms with van der Waals surface area (Å²) in [5.41, 5.74) is 1.51. The number of ether oxygens (including phenoxy) is 1. The maximum absolute atomic E-state index is 16.2. The van der Waals surface area contributed by atoms with Gasteiger partial charge in [-0.05, 0) is 91.7 Å². The van der Waals surface area contributed by atoms with Crippen molar-refractivity contribution in [2.45, 2.75) is 63.2 Å². The van der Waals surface area contributed by atoms with E-state index in [1.165, 1.54) is 18.2 Å². The van der Waals surface area contributed by atoms with Crippen LogP contribution in [0.3, 0.4) is 0 Å². The Kier molecular flexibility index (Phi) is 7.05. The minimum absolute atomic E-state index is 0.00693. The number of anilines is 1. The van der Waals surface area contributed by atoms with Gasteiger partial charge in [-0.15, -0.1) is 0 Å². The molecule has 4 aromatic rings. The van der Waals surface area contributed by atoms with Gasteiger partial charge in [0, 0.05) is 49.1 Å². The number of fused-ring (bicyclic) bond motifs is 5. The van der Waals surface area contributed by atoms with Gasteiger partial charge in [-0.3, -0.25) is 4.90 Å². The Labute approximate surface area is 260 Å². The summed E-state index contributed by atoms with van der Waals surface area (Å²) in [6.45, 7) is 6.09. The number of nitrogens with zero attached hydrogens (tertiary/aromatic N) is 4. The zero-order valence-corrected chi connectivity index (χ0v) is 25.5. The molecule has 0 saturated carbocycles. The molecule has 236 valence electrons. The number of aromatic hydroxyl groups is 1. The highest BCUT2D eigenvalue weighted by molar-refractivity contribution is 6.01. The molecule has 7 nitrogen and oxygen atoms in total. The van der Waals surface area contributed by atoms with Crippen molar-refractivity contribution in [3.8, 4) is 22.9 Å². The molecular formula is C35H38F3N5O2. The Morgan fingerprint density at radius 1 is 1.09 bits per heavy atom. The van der Waals surface area contributed by atoms with Crippen LogP contribution in [-0.2, 0) is 6.42 Å². The van der Waals surface area contributed by atoms with Crippen molar-refractivity contribution < 1.29 is 23.0 Å². The molecule has 8 rings (SSSR count). The minimum Gasteiger partial charge on any atom is -0.508 e. The van der Waals surface area contributed by atoms with E-state index in [9.17, 15) is 13.9 Å². The minimum atomic E-state index is -0.865. The molecule has 45 heavy (non-hydrogen) atoms. The summed E-state index contributed by atoms with van der Waals surface area (Å²) in [5.74, 6) is -0.0442. The first kappa shape index (κ1) is 28.8. The molecule has 0 spiro atoms. The molecule has 6 heterocycles. The third kappa shape index (κ3) is 4.97. The smallest absolute Gasteiger partial charge is 0.217 e. The van der Waals surface area contributed by atoms with Crippen molar-refractivity contribution in [1.29, 1.82) is 0 Å². The van der Waals surface area contributed by atoms with Crippen LogP contribution in [-0.4, -0.2) is 77.1 Å². The standard InChI is InChI=1S/C35H38F3N5O2/c1-2-25-28(37)5-4-21-11-24(44)12-27(32(21)25)33-29(38)13-26-30(42-9-6-20-10-23(18-42)39-16-20)14-31(40-34(26)41-33)45-19-35-7-3-8-43(35)17-22(36)15-35/h4-5,11-14,20,22-23,39,44H,2-3,6-10,15-19H2,1H3/t20?,22-,23?,35+/m1/s1. The van der Waals surface area contributed by atoms with Crippen molar-refractivity contribution in [3.63, 3.8) is 0 Å². The lowest BCUT2D eigenvalue weighted by Gasteiger charge is -2.32. The monoisotopic (exact) mass is 617 g/mol. The van der Waals surface area contributed by atoms with Crippen LogP contribution < -0.4 is 15.0 Å². The fourth-order valence-electron chi connectivity index (χ4n) is 8.47. The number of phenols is 1. The second-order valence-electron chi connectivity index (χ2n) is 13.4. The number of alkyl halides is 1. The normalized spacial score (nSPS) is 26.6. The highest BCUT2D eigenvalue weighted by atomic mass is 19.1. The molecule has 2 aromatic carbocycles. The van der Waals surface area contributed by atoms with Crippen molar-refractivity contribution in [3.05, 3.63) is 53.6 Å². The van der Waals surface area contributed by atoms with Crippen LogP contribution in [0.1, 0.15) is 44.6 Å². The van der Waals surface area contributed by atoms with Crippen molar-refractivity contribution in [2.75, 3.05) is 44.2 Å². The molecule has 4 atom stereocenters. The molecule has 0 aliphatic carbocycles. The molecule has 4 aliphatic heterocycles. The lowest BCUT2D eigenvalue weighted by molar-refractivity contribution is 0.111. The van der Waals surface area contributed by atoms with Crippen LogP contribution in [0.2, 0.25) is 0 Å². The number of aromatic nitrogens is 2. The molecule has 4 aliphatic rings. The van der Waals surface area contributed by atoms with Crippen LogP contribution in [0.4, 0.5) is 18.9 Å². The predicted molar refractivity (Wildman–Crippen MR) is 169 cm³/mol. The van der Waals surface area contributed by atoms with Crippen LogP contribution >= 0.6 is 0 Å². The van der Waals surface area contributed by atoms with Crippen LogP contribution in [0.5, 0.6) is 11.6 Å². The highest BCUT2D eigenvalue weighted by Gasteiger charge is 2.49. The zero-order valence-electron chi connectivity index (χ0n) is 25.5. The zero-order chi connectivity index (χ0) is 30.9. The Morgan fingerprint density at radius 3 is 2.84 bits per heavy atom. The Balaban J connectivity index is 1.26. The summed E-state index contributed by atoms with van der Waals surface area (Å²) in [6, 6.07) is 9.64. The third-order valence-corrected chi connectivity index (χ3v) is 10.6. The van der Waals surface area contributed by atoms with E-state index in [2.05, 4.69) is 15.1 Å². The summed E-state index contributed by atoms with van der Waals surface area (Å²) in [5, 5.41) is 15.9. The Morgan fingerprint density at radius 2 is 1.98 bits per heavy atom. The van der Waals surface area contributed by atoms with Gasteiger partial charge < -0.3 is 20.1 Å². The van der Waals surface area contributed by atoms with E-state index in [0.717, 1.165) is 57.5 Å². The molecule has 2 N–H and O–H groups in total. The molecule has 2 aromatic heterocycles. The van der Waals surface area contributed by atoms with Gasteiger partial charge in [0.1, 0.15) is 35.9 Å². The Bertz CT molecular complexity index is 1800. The number of hydrogen-bond acceptors (Lipinski definition) is 7. The van der Waals surface area contributed by atoms with Crippen molar-refractivity contribution in [1.82, 2.24) is 20.2 Å². The second-order valence-corrected chi connectivity index (χ2v) is 13.4. The van der Waals surface area contributed by atoms with E-state index in [-0.39, 0.29) is 22.8 Å². The summed E-state index contributed by atoms with van der Waals surface area (Å²) < 4.78 is 52.1.